The van der Waals surface area contributed by atoms with Crippen LogP contribution in [0.4, 0.5) is 0 Å². The molecule has 0 aliphatic heterocycles. The highest BCUT2D eigenvalue weighted by molar-refractivity contribution is 5.59. The van der Waals surface area contributed by atoms with Crippen LogP contribution in [0.2, 0.25) is 0 Å². The zero-order valence-corrected chi connectivity index (χ0v) is 18.2. The van der Waals surface area contributed by atoms with Gasteiger partial charge in [0, 0.05) is 5.41 Å². The van der Waals surface area contributed by atoms with E-state index in [1.54, 1.807) is 0 Å². The van der Waals surface area contributed by atoms with Gasteiger partial charge in [-0.25, -0.2) is 0 Å². The van der Waals surface area contributed by atoms with Crippen molar-refractivity contribution >= 4 is 0 Å². The second-order valence-corrected chi connectivity index (χ2v) is 7.00. The SMILES string of the molecule is CCOc1cc(C(C)(C)c2cc(OCC)c(O)c(OCC)c2)cc(OCC)c1O. The summed E-state index contributed by atoms with van der Waals surface area (Å²) >= 11 is 0. The van der Waals surface area contributed by atoms with Crippen molar-refractivity contribution in [2.45, 2.75) is 47.0 Å². The van der Waals surface area contributed by atoms with E-state index in [-0.39, 0.29) is 11.5 Å². The van der Waals surface area contributed by atoms with E-state index in [4.69, 9.17) is 18.9 Å². The van der Waals surface area contributed by atoms with E-state index in [1.807, 2.05) is 65.8 Å². The molecule has 0 heterocycles. The van der Waals surface area contributed by atoms with Gasteiger partial charge < -0.3 is 29.2 Å². The van der Waals surface area contributed by atoms with Gasteiger partial charge in [0.1, 0.15) is 0 Å². The summed E-state index contributed by atoms with van der Waals surface area (Å²) in [7, 11) is 0. The van der Waals surface area contributed by atoms with Crippen LogP contribution in [-0.4, -0.2) is 36.6 Å². The van der Waals surface area contributed by atoms with E-state index in [2.05, 4.69) is 0 Å². The van der Waals surface area contributed by atoms with Crippen LogP contribution in [-0.2, 0) is 5.41 Å². The smallest absolute Gasteiger partial charge is 0.200 e. The third kappa shape index (κ3) is 4.81. The largest absolute Gasteiger partial charge is 0.502 e. The lowest BCUT2D eigenvalue weighted by Crippen LogP contribution is -2.20. The van der Waals surface area contributed by atoms with Gasteiger partial charge in [0.15, 0.2) is 23.0 Å². The molecule has 0 saturated carbocycles. The van der Waals surface area contributed by atoms with Crippen LogP contribution in [0.3, 0.4) is 0 Å². The Hall–Kier alpha value is -2.76. The fraction of sp³-hybridized carbons (Fsp3) is 0.478. The van der Waals surface area contributed by atoms with Crippen molar-refractivity contribution in [1.82, 2.24) is 0 Å². The van der Waals surface area contributed by atoms with E-state index < -0.39 is 5.41 Å². The minimum atomic E-state index is -0.517. The molecule has 0 bridgehead atoms. The molecular formula is C23H32O6. The van der Waals surface area contributed by atoms with Crippen molar-refractivity contribution in [1.29, 1.82) is 0 Å². The molecule has 0 aromatic heterocycles. The summed E-state index contributed by atoms with van der Waals surface area (Å²) in [6.45, 7) is 13.2. The first kappa shape index (κ1) is 22.5. The monoisotopic (exact) mass is 404 g/mol. The van der Waals surface area contributed by atoms with Crippen LogP contribution in [0, 0.1) is 0 Å². The molecule has 6 heteroatoms. The highest BCUT2D eigenvalue weighted by atomic mass is 16.5. The van der Waals surface area contributed by atoms with Crippen LogP contribution < -0.4 is 18.9 Å². The molecule has 2 aromatic rings. The Morgan fingerprint density at radius 1 is 0.586 bits per heavy atom. The Balaban J connectivity index is 2.64. The van der Waals surface area contributed by atoms with Crippen molar-refractivity contribution in [2.75, 3.05) is 26.4 Å². The first-order chi connectivity index (χ1) is 13.8. The van der Waals surface area contributed by atoms with Crippen molar-refractivity contribution in [3.05, 3.63) is 35.4 Å². The number of benzene rings is 2. The Kier molecular flexibility index (Phi) is 7.48. The van der Waals surface area contributed by atoms with Crippen molar-refractivity contribution < 1.29 is 29.2 Å². The molecule has 2 aromatic carbocycles. The van der Waals surface area contributed by atoms with Gasteiger partial charge >= 0.3 is 0 Å². The molecule has 0 radical (unpaired) electrons. The highest BCUT2D eigenvalue weighted by Gasteiger charge is 2.29. The van der Waals surface area contributed by atoms with E-state index in [9.17, 15) is 10.2 Å². The average Bonchev–Trinajstić information content (AvgIpc) is 2.68. The van der Waals surface area contributed by atoms with Gasteiger partial charge in [0.05, 0.1) is 26.4 Å². The molecule has 0 spiro atoms. The van der Waals surface area contributed by atoms with Gasteiger partial charge in [-0.15, -0.1) is 0 Å². The molecule has 2 N–H and O–H groups in total. The standard InChI is InChI=1S/C23H32O6/c1-7-26-17-11-15(12-18(21(17)24)27-8-2)23(5,6)16-13-19(28-9-3)22(25)20(14-16)29-10-4/h11-14,24-25H,7-10H2,1-6H3. The molecule has 0 aliphatic rings. The van der Waals surface area contributed by atoms with Crippen LogP contribution in [0.15, 0.2) is 24.3 Å². The second kappa shape index (κ2) is 9.63. The zero-order valence-electron chi connectivity index (χ0n) is 18.2. The van der Waals surface area contributed by atoms with E-state index in [0.717, 1.165) is 11.1 Å². The number of phenols is 2. The van der Waals surface area contributed by atoms with Crippen LogP contribution in [0.25, 0.3) is 0 Å². The Morgan fingerprint density at radius 3 is 1.03 bits per heavy atom. The number of aromatic hydroxyl groups is 2. The third-order valence-electron chi connectivity index (χ3n) is 4.72. The van der Waals surface area contributed by atoms with Gasteiger partial charge in [-0.05, 0) is 63.1 Å². The average molecular weight is 405 g/mol. The minimum absolute atomic E-state index is 0.0102. The number of phenolic OH excluding ortho intramolecular Hbond substituents is 2. The Morgan fingerprint density at radius 2 is 0.828 bits per heavy atom. The fourth-order valence-corrected chi connectivity index (χ4v) is 3.12. The molecule has 0 aliphatic carbocycles. The molecule has 29 heavy (non-hydrogen) atoms. The number of hydrogen-bond donors (Lipinski definition) is 2. The van der Waals surface area contributed by atoms with Crippen molar-refractivity contribution in [2.24, 2.45) is 0 Å². The van der Waals surface area contributed by atoms with Crippen LogP contribution >= 0.6 is 0 Å². The minimum Gasteiger partial charge on any atom is -0.502 e. The Labute approximate surface area is 173 Å². The maximum Gasteiger partial charge on any atom is 0.200 e. The lowest BCUT2D eigenvalue weighted by Gasteiger charge is -2.29. The van der Waals surface area contributed by atoms with Crippen LogP contribution in [0.1, 0.15) is 52.7 Å². The summed E-state index contributed by atoms with van der Waals surface area (Å²) in [4.78, 5) is 0. The second-order valence-electron chi connectivity index (χ2n) is 7.00. The molecule has 0 unspecified atom stereocenters. The van der Waals surface area contributed by atoms with Gasteiger partial charge in [-0.1, -0.05) is 13.8 Å². The van der Waals surface area contributed by atoms with Gasteiger partial charge in [-0.2, -0.15) is 0 Å². The first-order valence-electron chi connectivity index (χ1n) is 10.1. The molecule has 160 valence electrons. The van der Waals surface area contributed by atoms with E-state index in [0.29, 0.717) is 49.4 Å². The summed E-state index contributed by atoms with van der Waals surface area (Å²) in [5.41, 5.74) is 1.26. The number of ether oxygens (including phenoxy) is 4. The maximum absolute atomic E-state index is 10.5. The molecule has 0 fully saturated rings. The Bertz CT molecular complexity index is 707. The van der Waals surface area contributed by atoms with E-state index >= 15 is 0 Å². The summed E-state index contributed by atoms with van der Waals surface area (Å²) in [5, 5.41) is 20.9. The van der Waals surface area contributed by atoms with Gasteiger partial charge in [0.25, 0.3) is 0 Å². The lowest BCUT2D eigenvalue weighted by molar-refractivity contribution is 0.286. The quantitative estimate of drug-likeness (QED) is 0.579. The maximum atomic E-state index is 10.5. The fourth-order valence-electron chi connectivity index (χ4n) is 3.12. The summed E-state index contributed by atoms with van der Waals surface area (Å²) in [5.74, 6) is 1.46. The number of hydrogen-bond acceptors (Lipinski definition) is 6. The summed E-state index contributed by atoms with van der Waals surface area (Å²) in [6, 6.07) is 7.26. The molecule has 0 amide bonds. The normalized spacial score (nSPS) is 11.2. The van der Waals surface area contributed by atoms with Crippen LogP contribution in [0.5, 0.6) is 34.5 Å². The van der Waals surface area contributed by atoms with E-state index in [1.165, 1.54) is 0 Å². The predicted molar refractivity (Wildman–Crippen MR) is 113 cm³/mol. The summed E-state index contributed by atoms with van der Waals surface area (Å²) < 4.78 is 22.5. The molecule has 0 atom stereocenters. The summed E-state index contributed by atoms with van der Waals surface area (Å²) in [6.07, 6.45) is 0. The highest BCUT2D eigenvalue weighted by Crippen LogP contribution is 2.46. The molecular weight excluding hydrogens is 372 g/mol. The van der Waals surface area contributed by atoms with Gasteiger partial charge in [-0.3, -0.25) is 0 Å². The first-order valence-corrected chi connectivity index (χ1v) is 10.1. The topological polar surface area (TPSA) is 77.4 Å². The lowest BCUT2D eigenvalue weighted by atomic mass is 9.77. The van der Waals surface area contributed by atoms with Crippen molar-refractivity contribution in [3.63, 3.8) is 0 Å². The third-order valence-corrected chi connectivity index (χ3v) is 4.72. The van der Waals surface area contributed by atoms with Crippen molar-refractivity contribution in [3.8, 4) is 34.5 Å². The molecule has 6 nitrogen and oxygen atoms in total. The number of rotatable bonds is 10. The zero-order chi connectivity index (χ0) is 21.6. The molecule has 0 saturated heterocycles. The van der Waals surface area contributed by atoms with Gasteiger partial charge in [0.2, 0.25) is 11.5 Å². The molecule has 2 rings (SSSR count). The predicted octanol–water partition coefficient (Wildman–Crippen LogP) is 5.02.